The van der Waals surface area contributed by atoms with Crippen molar-refractivity contribution >= 4 is 43.2 Å². The standard InChI is InChI=1S/C10H14BrN3O2S2/c1-7(2)14(6-10(12)17)18(15,16)9-3-8(11)4-13-5-9/h3-5,7H,6H2,1-2H3,(H2,12,17). The van der Waals surface area contributed by atoms with Gasteiger partial charge in [0.15, 0.2) is 0 Å². The molecule has 0 radical (unpaired) electrons. The molecule has 1 rings (SSSR count). The Kier molecular flexibility index (Phi) is 5.20. The number of nitrogens with two attached hydrogens (primary N) is 1. The van der Waals surface area contributed by atoms with Gasteiger partial charge >= 0.3 is 0 Å². The van der Waals surface area contributed by atoms with Crippen molar-refractivity contribution in [1.82, 2.24) is 9.29 Å². The molecule has 0 aliphatic rings. The molecular weight excluding hydrogens is 338 g/mol. The monoisotopic (exact) mass is 351 g/mol. The van der Waals surface area contributed by atoms with Crippen LogP contribution in [0.25, 0.3) is 0 Å². The Labute approximate surface area is 121 Å². The molecule has 0 amide bonds. The predicted octanol–water partition coefficient (Wildman–Crippen LogP) is 1.53. The van der Waals surface area contributed by atoms with Crippen LogP contribution in [0.4, 0.5) is 0 Å². The summed E-state index contributed by atoms with van der Waals surface area (Å²) in [6.07, 6.45) is 2.82. The van der Waals surface area contributed by atoms with E-state index in [-0.39, 0.29) is 22.5 Å². The fourth-order valence-corrected chi connectivity index (χ4v) is 3.71. The minimum absolute atomic E-state index is 0.0157. The van der Waals surface area contributed by atoms with Gasteiger partial charge < -0.3 is 5.73 Å². The zero-order chi connectivity index (χ0) is 13.9. The molecule has 0 bridgehead atoms. The van der Waals surface area contributed by atoms with E-state index in [9.17, 15) is 8.42 Å². The molecule has 8 heteroatoms. The van der Waals surface area contributed by atoms with Crippen molar-refractivity contribution < 1.29 is 8.42 Å². The molecule has 0 aliphatic carbocycles. The van der Waals surface area contributed by atoms with Gasteiger partial charge in [0.05, 0.1) is 11.5 Å². The summed E-state index contributed by atoms with van der Waals surface area (Å²) < 4.78 is 26.7. The Morgan fingerprint density at radius 3 is 2.61 bits per heavy atom. The van der Waals surface area contributed by atoms with E-state index in [0.717, 1.165) is 0 Å². The number of sulfonamides is 1. The SMILES string of the molecule is CC(C)N(CC(N)=S)S(=O)(=O)c1cncc(Br)c1. The van der Waals surface area contributed by atoms with Crippen LogP contribution in [0.1, 0.15) is 13.8 Å². The van der Waals surface area contributed by atoms with Gasteiger partial charge in [-0.1, -0.05) is 12.2 Å². The topological polar surface area (TPSA) is 76.3 Å². The van der Waals surface area contributed by atoms with Gasteiger partial charge in [0, 0.05) is 22.9 Å². The van der Waals surface area contributed by atoms with Gasteiger partial charge in [0.2, 0.25) is 10.0 Å². The summed E-state index contributed by atoms with van der Waals surface area (Å²) in [5.74, 6) is 0. The van der Waals surface area contributed by atoms with Crippen LogP contribution in [0.2, 0.25) is 0 Å². The number of hydrogen-bond acceptors (Lipinski definition) is 4. The van der Waals surface area contributed by atoms with Gasteiger partial charge in [0.1, 0.15) is 4.90 Å². The van der Waals surface area contributed by atoms with E-state index in [2.05, 4.69) is 20.9 Å². The molecule has 0 unspecified atom stereocenters. The molecule has 1 aromatic heterocycles. The van der Waals surface area contributed by atoms with Crippen molar-refractivity contribution in [2.75, 3.05) is 6.54 Å². The van der Waals surface area contributed by atoms with Gasteiger partial charge in [-0.05, 0) is 35.8 Å². The number of rotatable bonds is 5. The summed E-state index contributed by atoms with van der Waals surface area (Å²) in [7, 11) is -3.64. The summed E-state index contributed by atoms with van der Waals surface area (Å²) in [6.45, 7) is 3.55. The maximum Gasteiger partial charge on any atom is 0.245 e. The highest BCUT2D eigenvalue weighted by Crippen LogP contribution is 2.20. The highest BCUT2D eigenvalue weighted by Gasteiger charge is 2.27. The molecule has 0 spiro atoms. The Bertz CT molecular complexity index is 546. The number of pyridine rings is 1. The van der Waals surface area contributed by atoms with Crippen LogP contribution in [0, 0.1) is 0 Å². The number of halogens is 1. The third kappa shape index (κ3) is 3.71. The van der Waals surface area contributed by atoms with Crippen LogP contribution in [0.5, 0.6) is 0 Å². The number of hydrogen-bond donors (Lipinski definition) is 1. The lowest BCUT2D eigenvalue weighted by atomic mass is 10.4. The molecule has 5 nitrogen and oxygen atoms in total. The lowest BCUT2D eigenvalue weighted by Crippen LogP contribution is -2.42. The highest BCUT2D eigenvalue weighted by molar-refractivity contribution is 9.10. The van der Waals surface area contributed by atoms with Crippen LogP contribution >= 0.6 is 28.1 Å². The fraction of sp³-hybridized carbons (Fsp3) is 0.400. The second-order valence-electron chi connectivity index (χ2n) is 3.95. The predicted molar refractivity (Wildman–Crippen MR) is 77.8 cm³/mol. The second-order valence-corrected chi connectivity index (χ2v) is 7.28. The minimum Gasteiger partial charge on any atom is -0.392 e. The van der Waals surface area contributed by atoms with Crippen molar-refractivity contribution in [3.63, 3.8) is 0 Å². The minimum atomic E-state index is -3.64. The van der Waals surface area contributed by atoms with E-state index in [1.165, 1.54) is 22.8 Å². The lowest BCUT2D eigenvalue weighted by molar-refractivity contribution is 0.390. The molecule has 0 saturated carbocycles. The zero-order valence-electron chi connectivity index (χ0n) is 10.00. The molecule has 100 valence electrons. The second kappa shape index (κ2) is 6.05. The molecule has 1 heterocycles. The third-order valence-electron chi connectivity index (χ3n) is 2.17. The molecule has 0 aromatic carbocycles. The highest BCUT2D eigenvalue weighted by atomic mass is 79.9. The third-order valence-corrected chi connectivity index (χ3v) is 4.72. The Morgan fingerprint density at radius 1 is 1.56 bits per heavy atom. The van der Waals surface area contributed by atoms with Gasteiger partial charge in [-0.15, -0.1) is 0 Å². The summed E-state index contributed by atoms with van der Waals surface area (Å²) in [6, 6.07) is 1.26. The lowest BCUT2D eigenvalue weighted by Gasteiger charge is -2.25. The number of aromatic nitrogens is 1. The van der Waals surface area contributed by atoms with Gasteiger partial charge in [-0.2, -0.15) is 4.31 Å². The number of nitrogens with zero attached hydrogens (tertiary/aromatic N) is 2. The van der Waals surface area contributed by atoms with Crippen molar-refractivity contribution in [3.8, 4) is 0 Å². The molecule has 0 aliphatic heterocycles. The summed E-state index contributed by atoms with van der Waals surface area (Å²) >= 11 is 7.98. The van der Waals surface area contributed by atoms with Crippen LogP contribution in [0.3, 0.4) is 0 Å². The molecule has 2 N–H and O–H groups in total. The number of thiocarbonyl (C=S) groups is 1. The smallest absolute Gasteiger partial charge is 0.245 e. The van der Waals surface area contributed by atoms with Gasteiger partial charge in [0.25, 0.3) is 0 Å². The summed E-state index contributed by atoms with van der Waals surface area (Å²) in [5.41, 5.74) is 5.44. The average Bonchev–Trinajstić information content (AvgIpc) is 2.25. The van der Waals surface area contributed by atoms with Crippen LogP contribution < -0.4 is 5.73 Å². The van der Waals surface area contributed by atoms with Crippen LogP contribution in [-0.2, 0) is 10.0 Å². The van der Waals surface area contributed by atoms with Crippen LogP contribution in [-0.4, -0.2) is 35.3 Å². The normalized spacial score (nSPS) is 12.1. The van der Waals surface area contributed by atoms with E-state index in [0.29, 0.717) is 4.47 Å². The first-order valence-electron chi connectivity index (χ1n) is 5.16. The van der Waals surface area contributed by atoms with Crippen molar-refractivity contribution in [2.24, 2.45) is 5.73 Å². The molecule has 0 atom stereocenters. The van der Waals surface area contributed by atoms with E-state index < -0.39 is 10.0 Å². The van der Waals surface area contributed by atoms with E-state index >= 15 is 0 Å². The van der Waals surface area contributed by atoms with Crippen LogP contribution in [0.15, 0.2) is 27.8 Å². The largest absolute Gasteiger partial charge is 0.392 e. The van der Waals surface area contributed by atoms with Gasteiger partial charge in [-0.3, -0.25) is 4.98 Å². The maximum absolute atomic E-state index is 12.4. The van der Waals surface area contributed by atoms with Crippen molar-refractivity contribution in [3.05, 3.63) is 22.9 Å². The molecule has 0 fully saturated rings. The fourth-order valence-electron chi connectivity index (χ4n) is 1.37. The summed E-state index contributed by atoms with van der Waals surface area (Å²) in [5, 5.41) is 0. The average molecular weight is 352 g/mol. The Balaban J connectivity index is 3.21. The first kappa shape index (κ1) is 15.5. The van der Waals surface area contributed by atoms with E-state index in [1.54, 1.807) is 13.8 Å². The van der Waals surface area contributed by atoms with E-state index in [1.807, 2.05) is 0 Å². The summed E-state index contributed by atoms with van der Waals surface area (Å²) in [4.78, 5) is 4.10. The Hall–Kier alpha value is -0.570. The zero-order valence-corrected chi connectivity index (χ0v) is 13.2. The first-order valence-corrected chi connectivity index (χ1v) is 7.80. The first-order chi connectivity index (χ1) is 8.25. The van der Waals surface area contributed by atoms with Crippen molar-refractivity contribution in [1.29, 1.82) is 0 Å². The maximum atomic E-state index is 12.4. The molecule has 0 saturated heterocycles. The molecule has 1 aromatic rings. The van der Waals surface area contributed by atoms with E-state index in [4.69, 9.17) is 18.0 Å². The molecule has 18 heavy (non-hydrogen) atoms. The van der Waals surface area contributed by atoms with Crippen molar-refractivity contribution in [2.45, 2.75) is 24.8 Å². The quantitative estimate of drug-likeness (QED) is 0.814. The molecular formula is C10H14BrN3O2S2. The van der Waals surface area contributed by atoms with Gasteiger partial charge in [-0.25, -0.2) is 8.42 Å². The Morgan fingerprint density at radius 2 is 2.17 bits per heavy atom.